The Hall–Kier alpha value is -2.11. The summed E-state index contributed by atoms with van der Waals surface area (Å²) in [5, 5.41) is 54.7. The highest BCUT2D eigenvalue weighted by Crippen LogP contribution is 2.23. The lowest BCUT2D eigenvalue weighted by Crippen LogP contribution is -2.60. The van der Waals surface area contributed by atoms with Crippen LogP contribution in [0.25, 0.3) is 0 Å². The van der Waals surface area contributed by atoms with E-state index in [0.29, 0.717) is 12.8 Å². The summed E-state index contributed by atoms with van der Waals surface area (Å²) in [6.45, 7) is 3.74. The fourth-order valence-corrected chi connectivity index (χ4v) is 9.78. The Labute approximate surface area is 449 Å². The summed E-state index contributed by atoms with van der Waals surface area (Å²) in [4.78, 5) is 13.1. The highest BCUT2D eigenvalue weighted by Gasteiger charge is 2.44. The summed E-state index contributed by atoms with van der Waals surface area (Å²) >= 11 is 0. The number of rotatable bonds is 53. The number of hydrogen-bond acceptors (Lipinski definition) is 8. The van der Waals surface area contributed by atoms with Crippen molar-refractivity contribution in [2.24, 2.45) is 0 Å². The summed E-state index contributed by atoms with van der Waals surface area (Å²) in [6.07, 6.45) is 65.5. The van der Waals surface area contributed by atoms with Crippen LogP contribution in [0.3, 0.4) is 0 Å². The van der Waals surface area contributed by atoms with Gasteiger partial charge in [0.2, 0.25) is 5.91 Å². The fourth-order valence-electron chi connectivity index (χ4n) is 9.78. The van der Waals surface area contributed by atoms with E-state index in [1.165, 1.54) is 186 Å². The molecule has 7 unspecified atom stereocenters. The van der Waals surface area contributed by atoms with Gasteiger partial charge in [-0.3, -0.25) is 4.79 Å². The van der Waals surface area contributed by atoms with Crippen LogP contribution < -0.4 is 5.32 Å². The number of unbranched alkanes of at least 4 members (excludes halogenated alkanes) is 33. The quantitative estimate of drug-likeness (QED) is 0.0261. The molecule has 0 aromatic heterocycles. The molecular formula is C64H117NO8. The molecule has 0 radical (unpaired) electrons. The van der Waals surface area contributed by atoms with Crippen molar-refractivity contribution in [1.82, 2.24) is 5.32 Å². The highest BCUT2D eigenvalue weighted by atomic mass is 16.7. The minimum Gasteiger partial charge on any atom is -0.394 e. The van der Waals surface area contributed by atoms with Gasteiger partial charge in [-0.05, 0) is 57.8 Å². The molecule has 9 heteroatoms. The van der Waals surface area contributed by atoms with Crippen molar-refractivity contribution in [3.05, 3.63) is 60.8 Å². The molecule has 0 spiro atoms. The van der Waals surface area contributed by atoms with Crippen molar-refractivity contribution in [2.75, 3.05) is 13.2 Å². The lowest BCUT2D eigenvalue weighted by atomic mass is 9.99. The molecular weight excluding hydrogens is 911 g/mol. The molecule has 9 nitrogen and oxygen atoms in total. The van der Waals surface area contributed by atoms with Crippen LogP contribution in [-0.2, 0) is 14.3 Å². The Morgan fingerprint density at radius 1 is 0.479 bits per heavy atom. The van der Waals surface area contributed by atoms with Gasteiger partial charge < -0.3 is 40.3 Å². The van der Waals surface area contributed by atoms with Crippen molar-refractivity contribution >= 4 is 5.91 Å². The number of ether oxygens (including phenoxy) is 2. The SMILES string of the molecule is CC/C=C\C/C=C\C/C=C\C/C=C\C/C=C\CCCCCCCCCCCCCCCCCCCCCC(=O)NC(COC1OC(CO)C(O)C(O)C1O)C(O)CCCCCCCCCCCCCCCCC. The minimum absolute atomic E-state index is 0.136. The van der Waals surface area contributed by atoms with Crippen LogP contribution in [0, 0.1) is 0 Å². The summed E-state index contributed by atoms with van der Waals surface area (Å²) in [5.74, 6) is -0.141. The molecule has 1 aliphatic rings. The monoisotopic (exact) mass is 1030 g/mol. The van der Waals surface area contributed by atoms with E-state index in [4.69, 9.17) is 9.47 Å². The predicted molar refractivity (Wildman–Crippen MR) is 309 cm³/mol. The largest absolute Gasteiger partial charge is 0.394 e. The second-order valence-electron chi connectivity index (χ2n) is 21.5. The van der Waals surface area contributed by atoms with E-state index < -0.39 is 49.5 Å². The zero-order valence-corrected chi connectivity index (χ0v) is 47.4. The van der Waals surface area contributed by atoms with Crippen molar-refractivity contribution < 1.29 is 39.8 Å². The van der Waals surface area contributed by atoms with Crippen LogP contribution in [0.15, 0.2) is 60.8 Å². The Morgan fingerprint density at radius 3 is 1.26 bits per heavy atom. The first-order valence-electron chi connectivity index (χ1n) is 31.0. The first kappa shape index (κ1) is 68.9. The summed E-state index contributed by atoms with van der Waals surface area (Å²) in [6, 6.07) is -0.719. The zero-order valence-electron chi connectivity index (χ0n) is 47.4. The maximum absolute atomic E-state index is 13.1. The van der Waals surface area contributed by atoms with Crippen molar-refractivity contribution in [3.8, 4) is 0 Å². The normalized spacial score (nSPS) is 19.5. The van der Waals surface area contributed by atoms with Gasteiger partial charge >= 0.3 is 0 Å². The van der Waals surface area contributed by atoms with E-state index in [0.717, 1.165) is 70.6 Å². The molecule has 0 bridgehead atoms. The average molecular weight is 1030 g/mol. The van der Waals surface area contributed by atoms with Crippen LogP contribution in [0.2, 0.25) is 0 Å². The molecule has 0 saturated carbocycles. The van der Waals surface area contributed by atoms with Gasteiger partial charge in [0.1, 0.15) is 24.4 Å². The molecule has 0 aliphatic carbocycles. The maximum Gasteiger partial charge on any atom is 0.220 e. The minimum atomic E-state index is -1.55. The first-order valence-corrected chi connectivity index (χ1v) is 31.0. The van der Waals surface area contributed by atoms with Gasteiger partial charge in [-0.2, -0.15) is 0 Å². The summed E-state index contributed by atoms with van der Waals surface area (Å²) < 4.78 is 11.3. The number of aliphatic hydroxyl groups excluding tert-OH is 5. The molecule has 1 aliphatic heterocycles. The van der Waals surface area contributed by atoms with Crippen molar-refractivity contribution in [1.29, 1.82) is 0 Å². The smallest absolute Gasteiger partial charge is 0.220 e. The van der Waals surface area contributed by atoms with E-state index >= 15 is 0 Å². The molecule has 1 heterocycles. The Balaban J connectivity index is 2.09. The molecule has 0 aromatic rings. The third-order valence-corrected chi connectivity index (χ3v) is 14.6. The number of aliphatic hydroxyl groups is 5. The number of nitrogens with one attached hydrogen (secondary N) is 1. The van der Waals surface area contributed by atoms with E-state index in [2.05, 4.69) is 79.9 Å². The van der Waals surface area contributed by atoms with Gasteiger partial charge in [0.05, 0.1) is 25.4 Å². The molecule has 6 N–H and O–H groups in total. The van der Waals surface area contributed by atoms with Gasteiger partial charge in [-0.25, -0.2) is 0 Å². The second kappa shape index (κ2) is 53.3. The molecule has 426 valence electrons. The Kier molecular flexibility index (Phi) is 50.3. The average Bonchev–Trinajstić information content (AvgIpc) is 3.39. The maximum atomic E-state index is 13.1. The third kappa shape index (κ3) is 42.7. The number of amides is 1. The van der Waals surface area contributed by atoms with Crippen LogP contribution >= 0.6 is 0 Å². The number of carbonyl (C=O) groups excluding carboxylic acids is 1. The van der Waals surface area contributed by atoms with Crippen molar-refractivity contribution in [3.63, 3.8) is 0 Å². The van der Waals surface area contributed by atoms with Gasteiger partial charge in [-0.1, -0.05) is 280 Å². The van der Waals surface area contributed by atoms with Crippen LogP contribution in [0.1, 0.15) is 284 Å². The van der Waals surface area contributed by atoms with E-state index in [1.807, 2.05) is 0 Å². The lowest BCUT2D eigenvalue weighted by molar-refractivity contribution is -0.302. The lowest BCUT2D eigenvalue weighted by Gasteiger charge is -2.40. The molecule has 1 fully saturated rings. The predicted octanol–water partition coefficient (Wildman–Crippen LogP) is 15.9. The molecule has 73 heavy (non-hydrogen) atoms. The highest BCUT2D eigenvalue weighted by molar-refractivity contribution is 5.76. The van der Waals surface area contributed by atoms with Crippen LogP contribution in [0.4, 0.5) is 0 Å². The second-order valence-corrected chi connectivity index (χ2v) is 21.5. The molecule has 1 amide bonds. The van der Waals surface area contributed by atoms with Crippen LogP contribution in [-0.4, -0.2) is 87.5 Å². The Bertz CT molecular complexity index is 1330. The van der Waals surface area contributed by atoms with E-state index in [9.17, 15) is 30.3 Å². The van der Waals surface area contributed by atoms with Crippen molar-refractivity contribution in [2.45, 2.75) is 326 Å². The van der Waals surface area contributed by atoms with Gasteiger partial charge in [0.15, 0.2) is 6.29 Å². The van der Waals surface area contributed by atoms with Gasteiger partial charge in [0, 0.05) is 6.42 Å². The number of hydrogen-bond donors (Lipinski definition) is 6. The molecule has 0 aromatic carbocycles. The topological polar surface area (TPSA) is 149 Å². The third-order valence-electron chi connectivity index (χ3n) is 14.6. The van der Waals surface area contributed by atoms with Gasteiger partial charge in [-0.15, -0.1) is 0 Å². The molecule has 7 atom stereocenters. The molecule has 1 rings (SSSR count). The number of carbonyl (C=O) groups is 1. The van der Waals surface area contributed by atoms with Gasteiger partial charge in [0.25, 0.3) is 0 Å². The van der Waals surface area contributed by atoms with E-state index in [1.54, 1.807) is 0 Å². The fraction of sp³-hybridized carbons (Fsp3) is 0.828. The Morgan fingerprint density at radius 2 is 0.849 bits per heavy atom. The zero-order chi connectivity index (χ0) is 52.9. The number of allylic oxidation sites excluding steroid dienone is 10. The summed E-state index contributed by atoms with van der Waals surface area (Å²) in [5.41, 5.74) is 0. The van der Waals surface area contributed by atoms with Crippen LogP contribution in [0.5, 0.6) is 0 Å². The first-order chi connectivity index (χ1) is 35.8. The van der Waals surface area contributed by atoms with E-state index in [-0.39, 0.29) is 12.5 Å². The summed E-state index contributed by atoms with van der Waals surface area (Å²) in [7, 11) is 0. The standard InChI is InChI=1S/C64H117NO8/c1-3-5-7-9-11-13-15-17-19-20-21-22-23-24-25-26-27-28-29-30-31-32-33-34-35-36-37-38-40-42-44-46-48-50-52-54-60(68)65-57(56-72-64-63(71)62(70)61(69)59(55-66)73-64)58(67)53-51-49-47-45-43-41-39-18-16-14-12-10-8-6-4-2/h5,7,11,13,17,19,21-22,24-25,57-59,61-64,66-67,69-71H,3-4,6,8-10,12,14-16,18,20,23,26-56H2,1-2H3,(H,65,68)/b7-5-,13-11-,19-17-,22-21-,25-24-. The molecule has 1 saturated heterocycles.